The van der Waals surface area contributed by atoms with Gasteiger partial charge in [-0.3, -0.25) is 14.3 Å². The van der Waals surface area contributed by atoms with Crippen molar-refractivity contribution < 1.29 is 14.6 Å². The molecular formula is C24H26ClN5O4. The van der Waals surface area contributed by atoms with E-state index in [1.54, 1.807) is 22.9 Å². The number of H-pyrrole nitrogens is 1. The van der Waals surface area contributed by atoms with Crippen LogP contribution < -0.4 is 15.7 Å². The molecule has 2 fully saturated rings. The monoisotopic (exact) mass is 483 g/mol. The molecule has 1 saturated carbocycles. The molecule has 178 valence electrons. The van der Waals surface area contributed by atoms with E-state index in [0.717, 1.165) is 43.7 Å². The first-order valence-electron chi connectivity index (χ1n) is 11.7. The number of likely N-dealkylation sites (tertiary alicyclic amines) is 1. The highest BCUT2D eigenvalue weighted by atomic mass is 35.5. The molecule has 1 aromatic carbocycles. The number of halogens is 1. The average Bonchev–Trinajstić information content (AvgIpc) is 3.26. The molecule has 2 aliphatic heterocycles. The van der Waals surface area contributed by atoms with Crippen molar-refractivity contribution in [3.63, 3.8) is 0 Å². The Morgan fingerprint density at radius 1 is 1.21 bits per heavy atom. The van der Waals surface area contributed by atoms with Crippen LogP contribution in [0.1, 0.15) is 37.3 Å². The number of aromatic amines is 1. The van der Waals surface area contributed by atoms with Crippen LogP contribution in [0.15, 0.2) is 35.3 Å². The van der Waals surface area contributed by atoms with Gasteiger partial charge in [0.1, 0.15) is 12.4 Å². The maximum atomic E-state index is 12.8. The fourth-order valence-electron chi connectivity index (χ4n) is 5.51. The van der Waals surface area contributed by atoms with Crippen molar-refractivity contribution in [3.05, 3.63) is 51.5 Å². The highest BCUT2D eigenvalue weighted by Crippen LogP contribution is 2.45. The number of hydrogen-bond donors (Lipinski definition) is 3. The van der Waals surface area contributed by atoms with Crippen LogP contribution in [0, 0.1) is 0 Å². The third-order valence-corrected chi connectivity index (χ3v) is 7.78. The number of carbonyl (C=O) groups excluding carboxylic acids is 1. The van der Waals surface area contributed by atoms with E-state index in [2.05, 4.69) is 20.2 Å². The number of ether oxygens (including phenoxy) is 1. The van der Waals surface area contributed by atoms with Gasteiger partial charge in [-0.25, -0.2) is 9.78 Å². The van der Waals surface area contributed by atoms with Gasteiger partial charge in [-0.15, -0.1) is 0 Å². The van der Waals surface area contributed by atoms with Gasteiger partial charge in [-0.05, 0) is 62.5 Å². The third kappa shape index (κ3) is 3.50. The largest absolute Gasteiger partial charge is 0.491 e. The normalized spacial score (nSPS) is 23.6. The lowest BCUT2D eigenvalue weighted by atomic mass is 9.73. The second kappa shape index (κ2) is 8.11. The van der Waals surface area contributed by atoms with Gasteiger partial charge in [-0.2, -0.15) is 0 Å². The van der Waals surface area contributed by atoms with Crippen LogP contribution >= 0.6 is 11.6 Å². The van der Waals surface area contributed by atoms with E-state index >= 15 is 0 Å². The summed E-state index contributed by atoms with van der Waals surface area (Å²) in [4.78, 5) is 34.7. The van der Waals surface area contributed by atoms with Gasteiger partial charge in [0.2, 0.25) is 5.91 Å². The second-order valence-electron chi connectivity index (χ2n) is 9.54. The summed E-state index contributed by atoms with van der Waals surface area (Å²) in [5.41, 5.74) is 2.39. The number of piperidine rings is 1. The Hall–Kier alpha value is -2.88. The number of rotatable bonds is 5. The molecule has 0 atom stereocenters. The number of amides is 1. The zero-order valence-corrected chi connectivity index (χ0v) is 19.3. The van der Waals surface area contributed by atoms with Crippen LogP contribution in [0.2, 0.25) is 5.02 Å². The molecule has 2 aromatic heterocycles. The van der Waals surface area contributed by atoms with E-state index in [1.165, 1.54) is 0 Å². The summed E-state index contributed by atoms with van der Waals surface area (Å²) in [6, 6.07) is 7.39. The smallest absolute Gasteiger partial charge is 0.327 e. The predicted octanol–water partition coefficient (Wildman–Crippen LogP) is 2.44. The van der Waals surface area contributed by atoms with Gasteiger partial charge in [-0.1, -0.05) is 11.6 Å². The molecule has 0 radical (unpaired) electrons. The summed E-state index contributed by atoms with van der Waals surface area (Å²) in [6.45, 7) is 2.80. The van der Waals surface area contributed by atoms with E-state index in [9.17, 15) is 14.7 Å². The van der Waals surface area contributed by atoms with Gasteiger partial charge in [0.05, 0.1) is 23.2 Å². The lowest BCUT2D eigenvalue weighted by Crippen LogP contribution is -2.47. The number of nitrogens with one attached hydrogen (secondary N) is 2. The van der Waals surface area contributed by atoms with E-state index in [4.69, 9.17) is 16.3 Å². The molecule has 3 N–H and O–H groups in total. The van der Waals surface area contributed by atoms with Crippen LogP contribution in [0.3, 0.4) is 0 Å². The minimum absolute atomic E-state index is 0.0112. The van der Waals surface area contributed by atoms with Gasteiger partial charge < -0.3 is 20.1 Å². The molecular weight excluding hydrogens is 458 g/mol. The number of benzene rings is 1. The number of anilines is 1. The van der Waals surface area contributed by atoms with Crippen molar-refractivity contribution in [1.29, 1.82) is 0 Å². The van der Waals surface area contributed by atoms with Crippen LogP contribution in [0.5, 0.6) is 5.75 Å². The number of nitrogens with zero attached hydrogens (tertiary/aromatic N) is 3. The minimum atomic E-state index is -0.498. The molecule has 1 saturated heterocycles. The number of imidazole rings is 1. The summed E-state index contributed by atoms with van der Waals surface area (Å²) in [7, 11) is 0. The van der Waals surface area contributed by atoms with E-state index in [1.807, 2.05) is 12.1 Å². The maximum absolute atomic E-state index is 12.8. The molecule has 10 heteroatoms. The molecule has 0 unspecified atom stereocenters. The second-order valence-corrected chi connectivity index (χ2v) is 9.97. The summed E-state index contributed by atoms with van der Waals surface area (Å²) in [5, 5.41) is 13.2. The molecule has 1 aliphatic carbocycles. The van der Waals surface area contributed by atoms with E-state index < -0.39 is 5.41 Å². The van der Waals surface area contributed by atoms with E-state index in [0.29, 0.717) is 41.4 Å². The SMILES string of the molecule is O=C1Nc2ccc(Cl)cc2C12CCN(CCOc1cnc3c(c1)[nH]c(=O)n3C1CC(O)C1)CC2. The average molecular weight is 484 g/mol. The first-order valence-corrected chi connectivity index (χ1v) is 12.1. The highest BCUT2D eigenvalue weighted by Gasteiger charge is 2.48. The number of aromatic nitrogens is 3. The number of fused-ring (bicyclic) bond motifs is 3. The van der Waals surface area contributed by atoms with Crippen molar-refractivity contribution in [3.8, 4) is 5.75 Å². The summed E-state index contributed by atoms with van der Waals surface area (Å²) >= 11 is 6.20. The first kappa shape index (κ1) is 21.6. The maximum Gasteiger partial charge on any atom is 0.327 e. The number of pyridine rings is 1. The van der Waals surface area contributed by atoms with Crippen molar-refractivity contribution in [2.45, 2.75) is 43.2 Å². The first-order chi connectivity index (χ1) is 16.4. The van der Waals surface area contributed by atoms with Crippen LogP contribution in [0.25, 0.3) is 11.2 Å². The van der Waals surface area contributed by atoms with E-state index in [-0.39, 0.29) is 23.7 Å². The van der Waals surface area contributed by atoms with Crippen molar-refractivity contribution in [2.75, 3.05) is 31.6 Å². The molecule has 6 rings (SSSR count). The Balaban J connectivity index is 1.07. The Morgan fingerprint density at radius 3 is 2.76 bits per heavy atom. The Morgan fingerprint density at radius 2 is 2.00 bits per heavy atom. The van der Waals surface area contributed by atoms with Crippen LogP contribution in [-0.2, 0) is 10.2 Å². The molecule has 34 heavy (non-hydrogen) atoms. The number of carbonyl (C=O) groups is 1. The molecule has 3 aliphatic rings. The van der Waals surface area contributed by atoms with Crippen molar-refractivity contribution in [1.82, 2.24) is 19.4 Å². The Bertz CT molecular complexity index is 1320. The number of aliphatic hydroxyl groups excluding tert-OH is 1. The van der Waals surface area contributed by atoms with Crippen LogP contribution in [-0.4, -0.2) is 62.8 Å². The van der Waals surface area contributed by atoms with Gasteiger partial charge in [0.15, 0.2) is 5.65 Å². The van der Waals surface area contributed by atoms with Gasteiger partial charge >= 0.3 is 5.69 Å². The molecule has 1 spiro atoms. The van der Waals surface area contributed by atoms with Crippen LogP contribution in [0.4, 0.5) is 5.69 Å². The summed E-state index contributed by atoms with van der Waals surface area (Å²) in [6.07, 6.45) is 3.92. The van der Waals surface area contributed by atoms with Gasteiger partial charge in [0.25, 0.3) is 0 Å². The predicted molar refractivity (Wildman–Crippen MR) is 128 cm³/mol. The number of aliphatic hydroxyl groups is 1. The topological polar surface area (TPSA) is 112 Å². The third-order valence-electron chi connectivity index (χ3n) is 7.55. The lowest BCUT2D eigenvalue weighted by molar-refractivity contribution is -0.122. The quantitative estimate of drug-likeness (QED) is 0.514. The standard InChI is InChI=1S/C24H26ClN5O4/c25-14-1-2-19-18(9-14)24(22(32)27-19)3-5-29(6-4-24)7-8-34-17-12-20-21(26-13-17)30(23(33)28-20)15-10-16(31)11-15/h1-2,9,12-13,15-16,31H,3-8,10-11H2,(H,27,32)(H,28,33). The molecule has 4 heterocycles. The zero-order valence-electron chi connectivity index (χ0n) is 18.6. The zero-order chi connectivity index (χ0) is 23.4. The molecule has 9 nitrogen and oxygen atoms in total. The molecule has 1 amide bonds. The van der Waals surface area contributed by atoms with Crippen molar-refractivity contribution in [2.24, 2.45) is 0 Å². The fraction of sp³-hybridized carbons (Fsp3) is 0.458. The lowest BCUT2D eigenvalue weighted by Gasteiger charge is -2.37. The minimum Gasteiger partial charge on any atom is -0.491 e. The molecule has 0 bridgehead atoms. The highest BCUT2D eigenvalue weighted by molar-refractivity contribution is 6.31. The summed E-state index contributed by atoms with van der Waals surface area (Å²) < 4.78 is 7.55. The van der Waals surface area contributed by atoms with Crippen molar-refractivity contribution >= 4 is 34.4 Å². The fourth-order valence-corrected chi connectivity index (χ4v) is 5.69. The molecule has 3 aromatic rings. The Kier molecular flexibility index (Phi) is 5.16. The summed E-state index contributed by atoms with van der Waals surface area (Å²) in [5.74, 6) is 0.666. The Labute approximate surface area is 200 Å². The number of hydrogen-bond acceptors (Lipinski definition) is 6. The van der Waals surface area contributed by atoms with Gasteiger partial charge in [0, 0.05) is 29.4 Å².